The maximum Gasteiger partial charge on any atom is 0.0474 e. The number of hydrogen-bond donors (Lipinski definition) is 1. The summed E-state index contributed by atoms with van der Waals surface area (Å²) in [6.45, 7) is 7.91. The molecule has 0 amide bonds. The van der Waals surface area contributed by atoms with E-state index in [9.17, 15) is 0 Å². The molecule has 1 aromatic rings. The second-order valence-corrected chi connectivity index (χ2v) is 6.31. The van der Waals surface area contributed by atoms with E-state index in [1.807, 2.05) is 7.05 Å². The van der Waals surface area contributed by atoms with Crippen molar-refractivity contribution in [3.63, 3.8) is 0 Å². The standard InChI is InChI=1S/C16H25ClN2/c1-11-5-6-12(2)19(10-11)14-7-8-15(13(3)18-4)16(17)9-14/h7-9,11-13,18H,5-6,10H2,1-4H3. The molecule has 0 spiro atoms. The molecule has 3 unspecified atom stereocenters. The highest BCUT2D eigenvalue weighted by Crippen LogP contribution is 2.32. The Bertz CT molecular complexity index is 433. The van der Waals surface area contributed by atoms with Crippen LogP contribution < -0.4 is 10.2 Å². The van der Waals surface area contributed by atoms with Gasteiger partial charge in [0.05, 0.1) is 0 Å². The number of anilines is 1. The van der Waals surface area contributed by atoms with Crippen molar-refractivity contribution in [3.05, 3.63) is 28.8 Å². The number of hydrogen-bond acceptors (Lipinski definition) is 2. The van der Waals surface area contributed by atoms with Crippen molar-refractivity contribution in [1.82, 2.24) is 5.32 Å². The molecule has 1 heterocycles. The van der Waals surface area contributed by atoms with Gasteiger partial charge >= 0.3 is 0 Å². The van der Waals surface area contributed by atoms with Crippen molar-refractivity contribution in [2.24, 2.45) is 5.92 Å². The van der Waals surface area contributed by atoms with Gasteiger partial charge in [0.25, 0.3) is 0 Å². The second-order valence-electron chi connectivity index (χ2n) is 5.90. The Kier molecular flexibility index (Phi) is 4.75. The van der Waals surface area contributed by atoms with E-state index in [1.165, 1.54) is 24.1 Å². The molecule has 3 heteroatoms. The van der Waals surface area contributed by atoms with E-state index in [2.05, 4.69) is 49.2 Å². The largest absolute Gasteiger partial charge is 0.369 e. The van der Waals surface area contributed by atoms with Crippen molar-refractivity contribution in [3.8, 4) is 0 Å². The maximum atomic E-state index is 6.44. The van der Waals surface area contributed by atoms with Gasteiger partial charge in [-0.1, -0.05) is 24.6 Å². The first kappa shape index (κ1) is 14.7. The van der Waals surface area contributed by atoms with Crippen molar-refractivity contribution in [1.29, 1.82) is 0 Å². The summed E-state index contributed by atoms with van der Waals surface area (Å²) in [5.41, 5.74) is 2.43. The van der Waals surface area contributed by atoms with Crippen molar-refractivity contribution >= 4 is 17.3 Å². The topological polar surface area (TPSA) is 15.3 Å². The van der Waals surface area contributed by atoms with Crippen LogP contribution in [0.4, 0.5) is 5.69 Å². The van der Waals surface area contributed by atoms with Gasteiger partial charge in [0.1, 0.15) is 0 Å². The molecule has 106 valence electrons. The highest BCUT2D eigenvalue weighted by Gasteiger charge is 2.23. The molecule has 2 nitrogen and oxygen atoms in total. The van der Waals surface area contributed by atoms with Crippen LogP contribution in [0.15, 0.2) is 18.2 Å². The minimum Gasteiger partial charge on any atom is -0.369 e. The Balaban J connectivity index is 2.23. The first-order valence-corrected chi connectivity index (χ1v) is 7.64. The Morgan fingerprint density at radius 3 is 2.68 bits per heavy atom. The molecule has 1 fully saturated rings. The molecule has 1 aliphatic heterocycles. The third kappa shape index (κ3) is 3.24. The minimum absolute atomic E-state index is 0.291. The molecule has 0 aliphatic carbocycles. The van der Waals surface area contributed by atoms with E-state index in [1.54, 1.807) is 0 Å². The zero-order chi connectivity index (χ0) is 14.0. The van der Waals surface area contributed by atoms with E-state index in [-0.39, 0.29) is 0 Å². The van der Waals surface area contributed by atoms with Crippen LogP contribution in [-0.4, -0.2) is 19.6 Å². The fourth-order valence-corrected chi connectivity index (χ4v) is 3.19. The van der Waals surface area contributed by atoms with Crippen molar-refractivity contribution < 1.29 is 0 Å². The van der Waals surface area contributed by atoms with Crippen LogP contribution in [0.1, 0.15) is 45.2 Å². The van der Waals surface area contributed by atoms with E-state index in [4.69, 9.17) is 11.6 Å². The molecule has 0 bridgehead atoms. The first-order valence-electron chi connectivity index (χ1n) is 7.26. The van der Waals surface area contributed by atoms with Crippen LogP contribution in [0.25, 0.3) is 0 Å². The molecule has 19 heavy (non-hydrogen) atoms. The van der Waals surface area contributed by atoms with Gasteiger partial charge in [-0.3, -0.25) is 0 Å². The SMILES string of the molecule is CNC(C)c1ccc(N2CC(C)CCC2C)cc1Cl. The van der Waals surface area contributed by atoms with E-state index >= 15 is 0 Å². The molecular weight excluding hydrogens is 256 g/mol. The highest BCUT2D eigenvalue weighted by atomic mass is 35.5. The molecule has 0 saturated carbocycles. The van der Waals surface area contributed by atoms with Gasteiger partial charge in [-0.05, 0) is 57.4 Å². The van der Waals surface area contributed by atoms with Gasteiger partial charge in [-0.25, -0.2) is 0 Å². The number of halogens is 1. The van der Waals surface area contributed by atoms with Crippen LogP contribution in [0.2, 0.25) is 5.02 Å². The molecular formula is C16H25ClN2. The molecule has 0 radical (unpaired) electrons. The van der Waals surface area contributed by atoms with Crippen LogP contribution in [0.5, 0.6) is 0 Å². The van der Waals surface area contributed by atoms with Gasteiger partial charge in [-0.15, -0.1) is 0 Å². The highest BCUT2D eigenvalue weighted by molar-refractivity contribution is 6.31. The molecule has 3 atom stereocenters. The Morgan fingerprint density at radius 1 is 1.32 bits per heavy atom. The van der Waals surface area contributed by atoms with Gasteiger partial charge in [0.15, 0.2) is 0 Å². The number of piperidine rings is 1. The molecule has 1 aromatic carbocycles. The zero-order valence-corrected chi connectivity index (χ0v) is 13.2. The number of nitrogens with one attached hydrogen (secondary N) is 1. The average molecular weight is 281 g/mol. The predicted molar refractivity (Wildman–Crippen MR) is 84.1 cm³/mol. The molecule has 1 N–H and O–H groups in total. The summed E-state index contributed by atoms with van der Waals surface area (Å²) in [4.78, 5) is 2.49. The molecule has 1 saturated heterocycles. The summed E-state index contributed by atoms with van der Waals surface area (Å²) in [6, 6.07) is 7.40. The van der Waals surface area contributed by atoms with E-state index < -0.39 is 0 Å². The summed E-state index contributed by atoms with van der Waals surface area (Å²) in [5, 5.41) is 4.10. The van der Waals surface area contributed by atoms with E-state index in [0.717, 1.165) is 17.5 Å². The zero-order valence-electron chi connectivity index (χ0n) is 12.4. The summed E-state index contributed by atoms with van der Waals surface area (Å²) < 4.78 is 0. The maximum absolute atomic E-state index is 6.44. The van der Waals surface area contributed by atoms with Crippen molar-refractivity contribution in [2.75, 3.05) is 18.5 Å². The number of rotatable bonds is 3. The summed E-state index contributed by atoms with van der Waals surface area (Å²) >= 11 is 6.44. The fraction of sp³-hybridized carbons (Fsp3) is 0.625. The minimum atomic E-state index is 0.291. The lowest BCUT2D eigenvalue weighted by Crippen LogP contribution is -2.41. The number of nitrogens with zero attached hydrogens (tertiary/aromatic N) is 1. The third-order valence-electron chi connectivity index (χ3n) is 4.33. The fourth-order valence-electron chi connectivity index (χ4n) is 2.85. The molecule has 1 aliphatic rings. The van der Waals surface area contributed by atoms with Gasteiger partial charge in [0.2, 0.25) is 0 Å². The quantitative estimate of drug-likeness (QED) is 0.891. The third-order valence-corrected chi connectivity index (χ3v) is 4.66. The normalized spacial score (nSPS) is 25.4. The van der Waals surface area contributed by atoms with E-state index in [0.29, 0.717) is 12.1 Å². The van der Waals surface area contributed by atoms with Crippen LogP contribution in [-0.2, 0) is 0 Å². The Hall–Kier alpha value is -0.730. The van der Waals surface area contributed by atoms with Crippen LogP contribution in [0, 0.1) is 5.92 Å². The smallest absolute Gasteiger partial charge is 0.0474 e. The lowest BCUT2D eigenvalue weighted by molar-refractivity contribution is 0.390. The Labute approximate surface area is 122 Å². The number of benzene rings is 1. The average Bonchev–Trinajstić information content (AvgIpc) is 2.40. The van der Waals surface area contributed by atoms with Crippen molar-refractivity contribution in [2.45, 2.75) is 45.7 Å². The van der Waals surface area contributed by atoms with Gasteiger partial charge in [0, 0.05) is 29.3 Å². The first-order chi connectivity index (χ1) is 9.02. The second kappa shape index (κ2) is 6.15. The molecule has 2 rings (SSSR count). The van der Waals surface area contributed by atoms with Crippen LogP contribution >= 0.6 is 11.6 Å². The van der Waals surface area contributed by atoms with Gasteiger partial charge in [-0.2, -0.15) is 0 Å². The summed E-state index contributed by atoms with van der Waals surface area (Å²) in [6.07, 6.45) is 2.60. The Morgan fingerprint density at radius 2 is 2.05 bits per heavy atom. The summed E-state index contributed by atoms with van der Waals surface area (Å²) in [7, 11) is 1.96. The summed E-state index contributed by atoms with van der Waals surface area (Å²) in [5.74, 6) is 0.769. The van der Waals surface area contributed by atoms with Gasteiger partial charge < -0.3 is 10.2 Å². The predicted octanol–water partition coefficient (Wildman–Crippen LogP) is 4.25. The van der Waals surface area contributed by atoms with Crippen LogP contribution in [0.3, 0.4) is 0 Å². The lowest BCUT2D eigenvalue weighted by atomic mass is 9.94. The lowest BCUT2D eigenvalue weighted by Gasteiger charge is -2.39. The monoisotopic (exact) mass is 280 g/mol. The molecule has 0 aromatic heterocycles.